The number of nitrogens with one attached hydrogen (secondary N) is 1. The monoisotopic (exact) mass is 228 g/mol. The second-order valence-electron chi connectivity index (χ2n) is 4.74. The molecule has 0 aliphatic carbocycles. The van der Waals surface area contributed by atoms with E-state index in [4.69, 9.17) is 4.42 Å². The summed E-state index contributed by atoms with van der Waals surface area (Å²) in [7, 11) is 0. The molecule has 3 rings (SSSR count). The van der Waals surface area contributed by atoms with Crippen LogP contribution in [-0.4, -0.2) is 18.1 Å². The van der Waals surface area contributed by atoms with Gasteiger partial charge in [0.15, 0.2) is 0 Å². The van der Waals surface area contributed by atoms with E-state index in [1.54, 1.807) is 6.26 Å². The van der Waals surface area contributed by atoms with Crippen LogP contribution in [0.15, 0.2) is 34.9 Å². The van der Waals surface area contributed by atoms with E-state index in [0.29, 0.717) is 0 Å². The van der Waals surface area contributed by atoms with E-state index in [-0.39, 0.29) is 0 Å². The molecule has 1 fully saturated rings. The predicted octanol–water partition coefficient (Wildman–Crippen LogP) is 2.41. The standard InChI is InChI=1S/C14H16N2O/c1-10-2-4-12(5-3-10)14-16-13(9-17-14)6-11-7-15-8-11/h2-5,9,11,15H,6-8H2,1H3. The zero-order chi connectivity index (χ0) is 11.7. The third-order valence-corrected chi connectivity index (χ3v) is 3.21. The number of benzene rings is 1. The molecule has 3 nitrogen and oxygen atoms in total. The molecule has 1 N–H and O–H groups in total. The van der Waals surface area contributed by atoms with Crippen LogP contribution < -0.4 is 5.32 Å². The van der Waals surface area contributed by atoms with Crippen molar-refractivity contribution in [2.24, 2.45) is 5.92 Å². The lowest BCUT2D eigenvalue weighted by molar-refractivity contribution is 0.344. The third kappa shape index (κ3) is 2.24. The summed E-state index contributed by atoms with van der Waals surface area (Å²) >= 11 is 0. The molecule has 0 unspecified atom stereocenters. The second kappa shape index (κ2) is 4.34. The number of aryl methyl sites for hydroxylation is 1. The van der Waals surface area contributed by atoms with Gasteiger partial charge in [0.2, 0.25) is 5.89 Å². The van der Waals surface area contributed by atoms with Crippen molar-refractivity contribution in [3.05, 3.63) is 41.8 Å². The van der Waals surface area contributed by atoms with E-state index in [2.05, 4.69) is 41.5 Å². The molecule has 3 heteroatoms. The molecule has 17 heavy (non-hydrogen) atoms. The van der Waals surface area contributed by atoms with Gasteiger partial charge in [-0.3, -0.25) is 0 Å². The van der Waals surface area contributed by atoms with Gasteiger partial charge in [-0.2, -0.15) is 0 Å². The van der Waals surface area contributed by atoms with Crippen LogP contribution in [0.4, 0.5) is 0 Å². The maximum atomic E-state index is 5.53. The molecule has 0 spiro atoms. The summed E-state index contributed by atoms with van der Waals surface area (Å²) in [5, 5.41) is 3.27. The van der Waals surface area contributed by atoms with Gasteiger partial charge in [0.1, 0.15) is 6.26 Å². The Balaban J connectivity index is 1.76. The Kier molecular flexibility index (Phi) is 2.69. The Morgan fingerprint density at radius 3 is 2.71 bits per heavy atom. The lowest BCUT2D eigenvalue weighted by Crippen LogP contribution is -2.43. The van der Waals surface area contributed by atoms with Crippen molar-refractivity contribution in [3.63, 3.8) is 0 Å². The molecule has 2 aromatic rings. The van der Waals surface area contributed by atoms with Crippen LogP contribution in [0.3, 0.4) is 0 Å². The van der Waals surface area contributed by atoms with Crippen molar-refractivity contribution in [1.82, 2.24) is 10.3 Å². The van der Waals surface area contributed by atoms with Crippen LogP contribution >= 0.6 is 0 Å². The molecule has 1 saturated heterocycles. The summed E-state index contributed by atoms with van der Waals surface area (Å²) in [6.45, 7) is 4.29. The molecule has 0 bridgehead atoms. The normalized spacial score (nSPS) is 15.8. The van der Waals surface area contributed by atoms with Crippen molar-refractivity contribution in [2.45, 2.75) is 13.3 Å². The van der Waals surface area contributed by atoms with Gasteiger partial charge in [-0.1, -0.05) is 17.7 Å². The summed E-state index contributed by atoms with van der Waals surface area (Å²) in [6.07, 6.45) is 2.80. The van der Waals surface area contributed by atoms with Crippen molar-refractivity contribution in [3.8, 4) is 11.5 Å². The van der Waals surface area contributed by atoms with Crippen LogP contribution in [-0.2, 0) is 6.42 Å². The van der Waals surface area contributed by atoms with Crippen molar-refractivity contribution >= 4 is 0 Å². The lowest BCUT2D eigenvalue weighted by Gasteiger charge is -2.25. The average molecular weight is 228 g/mol. The maximum absolute atomic E-state index is 5.53. The Morgan fingerprint density at radius 2 is 2.06 bits per heavy atom. The molecule has 88 valence electrons. The van der Waals surface area contributed by atoms with Crippen molar-refractivity contribution in [2.75, 3.05) is 13.1 Å². The minimum absolute atomic E-state index is 0.728. The molecule has 0 amide bonds. The number of aromatic nitrogens is 1. The Hall–Kier alpha value is -1.61. The highest BCUT2D eigenvalue weighted by Gasteiger charge is 2.19. The van der Waals surface area contributed by atoms with Crippen LogP contribution in [0.5, 0.6) is 0 Å². The molecule has 1 aromatic carbocycles. The first kappa shape index (κ1) is 10.5. The SMILES string of the molecule is Cc1ccc(-c2nc(CC3CNC3)co2)cc1. The van der Waals surface area contributed by atoms with Crippen LogP contribution in [0, 0.1) is 12.8 Å². The molecule has 0 atom stereocenters. The first-order chi connectivity index (χ1) is 8.31. The largest absolute Gasteiger partial charge is 0.444 e. The quantitative estimate of drug-likeness (QED) is 0.876. The van der Waals surface area contributed by atoms with Crippen LogP contribution in [0.1, 0.15) is 11.3 Å². The number of hydrogen-bond donors (Lipinski definition) is 1. The molecular weight excluding hydrogens is 212 g/mol. The molecule has 1 aliphatic heterocycles. The summed E-state index contributed by atoms with van der Waals surface area (Å²) in [5.41, 5.74) is 3.36. The fraction of sp³-hybridized carbons (Fsp3) is 0.357. The summed E-state index contributed by atoms with van der Waals surface area (Å²) < 4.78 is 5.53. The topological polar surface area (TPSA) is 38.1 Å². The third-order valence-electron chi connectivity index (χ3n) is 3.21. The molecular formula is C14H16N2O. The molecule has 0 radical (unpaired) electrons. The zero-order valence-electron chi connectivity index (χ0n) is 9.94. The van der Waals surface area contributed by atoms with Gasteiger partial charge in [-0.15, -0.1) is 0 Å². The minimum Gasteiger partial charge on any atom is -0.444 e. The van der Waals surface area contributed by atoms with Gasteiger partial charge < -0.3 is 9.73 Å². The maximum Gasteiger partial charge on any atom is 0.226 e. The first-order valence-electron chi connectivity index (χ1n) is 6.03. The Bertz CT molecular complexity index is 497. The molecule has 2 heterocycles. The molecule has 0 saturated carbocycles. The van der Waals surface area contributed by atoms with Crippen LogP contribution in [0.25, 0.3) is 11.5 Å². The lowest BCUT2D eigenvalue weighted by atomic mass is 9.98. The summed E-state index contributed by atoms with van der Waals surface area (Å²) in [5.74, 6) is 1.46. The van der Waals surface area contributed by atoms with Gasteiger partial charge in [0, 0.05) is 5.56 Å². The summed E-state index contributed by atoms with van der Waals surface area (Å²) in [4.78, 5) is 4.54. The number of hydrogen-bond acceptors (Lipinski definition) is 3. The van der Waals surface area contributed by atoms with E-state index in [9.17, 15) is 0 Å². The smallest absolute Gasteiger partial charge is 0.226 e. The van der Waals surface area contributed by atoms with E-state index < -0.39 is 0 Å². The van der Waals surface area contributed by atoms with Crippen molar-refractivity contribution in [1.29, 1.82) is 0 Å². The molecule has 1 aromatic heterocycles. The second-order valence-corrected chi connectivity index (χ2v) is 4.74. The van der Waals surface area contributed by atoms with Gasteiger partial charge in [-0.25, -0.2) is 4.98 Å². The summed E-state index contributed by atoms with van der Waals surface area (Å²) in [6, 6.07) is 8.26. The average Bonchev–Trinajstić information content (AvgIpc) is 2.73. The minimum atomic E-state index is 0.728. The highest BCUT2D eigenvalue weighted by atomic mass is 16.3. The fourth-order valence-electron chi connectivity index (χ4n) is 2.02. The van der Waals surface area contributed by atoms with Gasteiger partial charge >= 0.3 is 0 Å². The number of oxazole rings is 1. The highest BCUT2D eigenvalue weighted by molar-refractivity contribution is 5.53. The number of rotatable bonds is 3. The fourth-order valence-corrected chi connectivity index (χ4v) is 2.02. The van der Waals surface area contributed by atoms with E-state index in [1.165, 1.54) is 5.56 Å². The number of nitrogens with zero attached hydrogens (tertiary/aromatic N) is 1. The first-order valence-corrected chi connectivity index (χ1v) is 6.03. The predicted molar refractivity (Wildman–Crippen MR) is 66.7 cm³/mol. The Morgan fingerprint density at radius 1 is 1.29 bits per heavy atom. The van der Waals surface area contributed by atoms with Crippen molar-refractivity contribution < 1.29 is 4.42 Å². The van der Waals surface area contributed by atoms with E-state index >= 15 is 0 Å². The highest BCUT2D eigenvalue weighted by Crippen LogP contribution is 2.20. The van der Waals surface area contributed by atoms with Gasteiger partial charge in [-0.05, 0) is 44.5 Å². The van der Waals surface area contributed by atoms with Gasteiger partial charge in [0.05, 0.1) is 5.69 Å². The zero-order valence-corrected chi connectivity index (χ0v) is 9.94. The van der Waals surface area contributed by atoms with E-state index in [0.717, 1.165) is 42.6 Å². The molecule has 1 aliphatic rings. The van der Waals surface area contributed by atoms with Crippen LogP contribution in [0.2, 0.25) is 0 Å². The van der Waals surface area contributed by atoms with E-state index in [1.807, 2.05) is 0 Å². The van der Waals surface area contributed by atoms with Gasteiger partial charge in [0.25, 0.3) is 0 Å². The Labute approximate surface area is 101 Å².